The van der Waals surface area contributed by atoms with E-state index in [4.69, 9.17) is 16.9 Å². The van der Waals surface area contributed by atoms with Crippen molar-refractivity contribution in [2.45, 2.75) is 18.4 Å². The smallest absolute Gasteiger partial charge is 0.313 e. The predicted molar refractivity (Wildman–Crippen MR) is 98.7 cm³/mol. The van der Waals surface area contributed by atoms with E-state index in [1.807, 2.05) is 23.6 Å². The number of carbonyl (C=O) groups excluding carboxylic acids is 2. The molecule has 1 aliphatic rings. The molecule has 2 aromatic rings. The highest BCUT2D eigenvalue weighted by molar-refractivity contribution is 7.10. The summed E-state index contributed by atoms with van der Waals surface area (Å²) < 4.78 is 0. The molecule has 1 saturated carbocycles. The zero-order valence-electron chi connectivity index (χ0n) is 13.7. The Bertz CT molecular complexity index is 874. The summed E-state index contributed by atoms with van der Waals surface area (Å²) in [6.07, 6.45) is 1.76. The van der Waals surface area contributed by atoms with Crippen LogP contribution in [0.5, 0.6) is 0 Å². The summed E-state index contributed by atoms with van der Waals surface area (Å²) in [5.74, 6) is -1.74. The van der Waals surface area contributed by atoms with Gasteiger partial charge in [-0.1, -0.05) is 17.7 Å². The van der Waals surface area contributed by atoms with Gasteiger partial charge in [0.25, 0.3) is 0 Å². The number of nitriles is 1. The first-order valence-electron chi connectivity index (χ1n) is 7.99. The molecule has 1 heterocycles. The number of carbonyl (C=O) groups is 2. The molecule has 0 saturated heterocycles. The van der Waals surface area contributed by atoms with E-state index in [1.165, 1.54) is 29.5 Å². The Morgan fingerprint density at radius 2 is 2.12 bits per heavy atom. The van der Waals surface area contributed by atoms with E-state index < -0.39 is 17.4 Å². The van der Waals surface area contributed by atoms with Crippen molar-refractivity contribution in [2.24, 2.45) is 5.92 Å². The minimum atomic E-state index is -1.17. The van der Waals surface area contributed by atoms with Gasteiger partial charge in [0.05, 0.1) is 17.8 Å². The minimum absolute atomic E-state index is 0.0505. The first-order valence-corrected chi connectivity index (χ1v) is 9.25. The standard InChI is InChI=1S/C18H16ClN3O3S/c19-13-6-3-11(9-20)14(8-13)22-17(24)16(23)21-10-18(25,12-4-5-12)15-2-1-7-26-15/h1-3,6-8,12,25H,4-5,10H2,(H,21,23)(H,22,24). The summed E-state index contributed by atoms with van der Waals surface area (Å²) in [6, 6.07) is 9.96. The van der Waals surface area contributed by atoms with Crippen LogP contribution < -0.4 is 10.6 Å². The van der Waals surface area contributed by atoms with Crippen molar-refractivity contribution in [1.82, 2.24) is 5.32 Å². The van der Waals surface area contributed by atoms with Gasteiger partial charge in [0.1, 0.15) is 11.7 Å². The van der Waals surface area contributed by atoms with Crippen molar-refractivity contribution in [3.05, 3.63) is 51.2 Å². The van der Waals surface area contributed by atoms with Gasteiger partial charge in [0, 0.05) is 9.90 Å². The second kappa shape index (κ2) is 7.46. The Morgan fingerprint density at radius 3 is 2.73 bits per heavy atom. The molecule has 1 atom stereocenters. The Hall–Kier alpha value is -2.40. The van der Waals surface area contributed by atoms with Gasteiger partial charge in [0.15, 0.2) is 0 Å². The van der Waals surface area contributed by atoms with Gasteiger partial charge in [-0.3, -0.25) is 9.59 Å². The molecule has 1 unspecified atom stereocenters. The van der Waals surface area contributed by atoms with Crippen molar-refractivity contribution >= 4 is 40.4 Å². The van der Waals surface area contributed by atoms with Gasteiger partial charge in [-0.2, -0.15) is 5.26 Å². The number of hydrogen-bond donors (Lipinski definition) is 3. The first kappa shape index (κ1) is 18.4. The van der Waals surface area contributed by atoms with E-state index in [-0.39, 0.29) is 23.7 Å². The van der Waals surface area contributed by atoms with E-state index in [9.17, 15) is 14.7 Å². The molecular weight excluding hydrogens is 374 g/mol. The van der Waals surface area contributed by atoms with Crippen molar-refractivity contribution < 1.29 is 14.7 Å². The summed E-state index contributed by atoms with van der Waals surface area (Å²) >= 11 is 7.28. The molecule has 0 aliphatic heterocycles. The van der Waals surface area contributed by atoms with E-state index in [0.29, 0.717) is 5.02 Å². The number of nitrogens with zero attached hydrogens (tertiary/aromatic N) is 1. The van der Waals surface area contributed by atoms with E-state index >= 15 is 0 Å². The molecule has 1 aliphatic carbocycles. The van der Waals surface area contributed by atoms with Crippen LogP contribution in [0.15, 0.2) is 35.7 Å². The molecule has 1 aromatic heterocycles. The fourth-order valence-electron chi connectivity index (χ4n) is 2.71. The topological polar surface area (TPSA) is 102 Å². The molecule has 6 nitrogen and oxygen atoms in total. The van der Waals surface area contributed by atoms with E-state index in [2.05, 4.69) is 10.6 Å². The van der Waals surface area contributed by atoms with Gasteiger partial charge in [0.2, 0.25) is 0 Å². The Kier molecular flexibility index (Phi) is 5.28. The highest BCUT2D eigenvalue weighted by atomic mass is 35.5. The number of anilines is 1. The molecule has 0 spiro atoms. The number of amides is 2. The number of aliphatic hydroxyl groups is 1. The number of hydrogen-bond acceptors (Lipinski definition) is 5. The van der Waals surface area contributed by atoms with Crippen molar-refractivity contribution in [3.63, 3.8) is 0 Å². The van der Waals surface area contributed by atoms with Gasteiger partial charge in [-0.05, 0) is 48.4 Å². The lowest BCUT2D eigenvalue weighted by Gasteiger charge is -2.27. The molecule has 3 rings (SSSR count). The van der Waals surface area contributed by atoms with Crippen molar-refractivity contribution in [1.29, 1.82) is 5.26 Å². The normalized spacial score (nSPS) is 15.6. The van der Waals surface area contributed by atoms with Crippen LogP contribution in [-0.2, 0) is 15.2 Å². The third kappa shape index (κ3) is 3.88. The zero-order valence-corrected chi connectivity index (χ0v) is 15.2. The minimum Gasteiger partial charge on any atom is -0.382 e. The largest absolute Gasteiger partial charge is 0.382 e. The van der Waals surface area contributed by atoms with Gasteiger partial charge in [-0.15, -0.1) is 11.3 Å². The lowest BCUT2D eigenvalue weighted by atomic mass is 9.95. The molecule has 3 N–H and O–H groups in total. The zero-order chi connectivity index (χ0) is 18.7. The first-order chi connectivity index (χ1) is 12.4. The van der Waals surface area contributed by atoms with Crippen LogP contribution in [0.3, 0.4) is 0 Å². The van der Waals surface area contributed by atoms with Crippen LogP contribution in [0.2, 0.25) is 5.02 Å². The fraction of sp³-hybridized carbons (Fsp3) is 0.278. The molecule has 2 amide bonds. The molecule has 134 valence electrons. The van der Waals surface area contributed by atoms with E-state index in [0.717, 1.165) is 17.7 Å². The Balaban J connectivity index is 1.66. The maximum absolute atomic E-state index is 12.1. The van der Waals surface area contributed by atoms with Crippen LogP contribution >= 0.6 is 22.9 Å². The summed E-state index contributed by atoms with van der Waals surface area (Å²) in [7, 11) is 0. The summed E-state index contributed by atoms with van der Waals surface area (Å²) in [6.45, 7) is -0.0505. The molecule has 0 bridgehead atoms. The number of thiophene rings is 1. The summed E-state index contributed by atoms with van der Waals surface area (Å²) in [5, 5.41) is 27.1. The fourth-order valence-corrected chi connectivity index (χ4v) is 3.79. The number of halogens is 1. The van der Waals surface area contributed by atoms with Crippen LogP contribution in [-0.4, -0.2) is 23.5 Å². The monoisotopic (exact) mass is 389 g/mol. The Labute approximate surface area is 159 Å². The molecule has 0 radical (unpaired) electrons. The van der Waals surface area contributed by atoms with Crippen LogP contribution in [0.4, 0.5) is 5.69 Å². The molecule has 1 fully saturated rings. The number of nitrogens with one attached hydrogen (secondary N) is 2. The number of benzene rings is 1. The van der Waals surface area contributed by atoms with E-state index in [1.54, 1.807) is 0 Å². The molecule has 1 aromatic carbocycles. The van der Waals surface area contributed by atoms with Gasteiger partial charge in [-0.25, -0.2) is 0 Å². The Morgan fingerprint density at radius 1 is 1.35 bits per heavy atom. The van der Waals surface area contributed by atoms with Crippen LogP contribution in [0.1, 0.15) is 23.3 Å². The average Bonchev–Trinajstić information content (AvgIpc) is 3.34. The SMILES string of the molecule is N#Cc1ccc(Cl)cc1NC(=O)C(=O)NCC(O)(c1cccs1)C1CC1. The maximum atomic E-state index is 12.1. The summed E-state index contributed by atoms with van der Waals surface area (Å²) in [4.78, 5) is 25.0. The highest BCUT2D eigenvalue weighted by Crippen LogP contribution is 2.46. The third-order valence-corrected chi connectivity index (χ3v) is 5.55. The van der Waals surface area contributed by atoms with Gasteiger partial charge < -0.3 is 15.7 Å². The molecule has 8 heteroatoms. The maximum Gasteiger partial charge on any atom is 0.313 e. The lowest BCUT2D eigenvalue weighted by Crippen LogP contribution is -2.45. The summed E-state index contributed by atoms with van der Waals surface area (Å²) in [5.41, 5.74) is -0.808. The highest BCUT2D eigenvalue weighted by Gasteiger charge is 2.46. The van der Waals surface area contributed by atoms with Gasteiger partial charge >= 0.3 is 11.8 Å². The second-order valence-corrected chi connectivity index (χ2v) is 7.50. The predicted octanol–water partition coefficient (Wildman–Crippen LogP) is 2.63. The average molecular weight is 390 g/mol. The van der Waals surface area contributed by atoms with Crippen molar-refractivity contribution in [2.75, 3.05) is 11.9 Å². The van der Waals surface area contributed by atoms with Crippen molar-refractivity contribution in [3.8, 4) is 6.07 Å². The quantitative estimate of drug-likeness (QED) is 0.684. The third-order valence-electron chi connectivity index (χ3n) is 4.28. The number of rotatable bonds is 5. The lowest BCUT2D eigenvalue weighted by molar-refractivity contribution is -0.137. The van der Waals surface area contributed by atoms with Crippen LogP contribution in [0, 0.1) is 17.2 Å². The van der Waals surface area contributed by atoms with Crippen LogP contribution in [0.25, 0.3) is 0 Å². The second-order valence-electron chi connectivity index (χ2n) is 6.11. The molecule has 26 heavy (non-hydrogen) atoms. The molecular formula is C18H16ClN3O3S.